The topological polar surface area (TPSA) is 85.4 Å². The SMILES string of the molecule is CCc1ccc(/C=C/C(=O)Nc2ccccc2[N+](=O)[O-])o1. The van der Waals surface area contributed by atoms with Gasteiger partial charge in [-0.2, -0.15) is 0 Å². The molecule has 0 aliphatic carbocycles. The first-order valence-electron chi connectivity index (χ1n) is 6.41. The Morgan fingerprint density at radius 2 is 2.10 bits per heavy atom. The first kappa shape index (κ1) is 14.5. The first-order valence-corrected chi connectivity index (χ1v) is 6.41. The predicted molar refractivity (Wildman–Crippen MR) is 78.8 cm³/mol. The number of nitro groups is 1. The smallest absolute Gasteiger partial charge is 0.292 e. The Morgan fingerprint density at radius 3 is 2.76 bits per heavy atom. The van der Waals surface area contributed by atoms with Gasteiger partial charge in [-0.15, -0.1) is 0 Å². The molecular formula is C15H14N2O4. The molecule has 21 heavy (non-hydrogen) atoms. The molecule has 0 saturated heterocycles. The second-order valence-electron chi connectivity index (χ2n) is 4.25. The second-order valence-corrected chi connectivity index (χ2v) is 4.25. The minimum Gasteiger partial charge on any atom is -0.462 e. The maximum atomic E-state index is 11.8. The van der Waals surface area contributed by atoms with Crippen molar-refractivity contribution in [2.24, 2.45) is 0 Å². The molecular weight excluding hydrogens is 272 g/mol. The van der Waals surface area contributed by atoms with Crippen molar-refractivity contribution in [2.45, 2.75) is 13.3 Å². The molecule has 1 aromatic heterocycles. The number of nitro benzene ring substituents is 1. The number of hydrogen-bond donors (Lipinski definition) is 1. The predicted octanol–water partition coefficient (Wildman–Crippen LogP) is 3.40. The summed E-state index contributed by atoms with van der Waals surface area (Å²) < 4.78 is 5.42. The average molecular weight is 286 g/mol. The van der Waals surface area contributed by atoms with Gasteiger partial charge in [0.05, 0.1) is 4.92 Å². The standard InChI is InChI=1S/C15H14N2O4/c1-2-11-7-8-12(21-11)9-10-15(18)16-13-5-3-4-6-14(13)17(19)20/h3-10H,2H2,1H3,(H,16,18)/b10-9+. The van der Waals surface area contributed by atoms with Crippen LogP contribution in [-0.2, 0) is 11.2 Å². The fourth-order valence-corrected chi connectivity index (χ4v) is 1.74. The number of carbonyl (C=O) groups is 1. The van der Waals surface area contributed by atoms with Gasteiger partial charge in [0.25, 0.3) is 5.69 Å². The van der Waals surface area contributed by atoms with E-state index in [1.54, 1.807) is 18.2 Å². The number of para-hydroxylation sites is 2. The van der Waals surface area contributed by atoms with Gasteiger partial charge < -0.3 is 9.73 Å². The number of nitrogens with one attached hydrogen (secondary N) is 1. The van der Waals surface area contributed by atoms with Gasteiger partial charge in [0.1, 0.15) is 17.2 Å². The first-order chi connectivity index (χ1) is 10.1. The van der Waals surface area contributed by atoms with Crippen LogP contribution in [0.25, 0.3) is 6.08 Å². The lowest BCUT2D eigenvalue weighted by Gasteiger charge is -2.02. The third-order valence-corrected chi connectivity index (χ3v) is 2.79. The zero-order chi connectivity index (χ0) is 15.2. The Bertz CT molecular complexity index is 688. The van der Waals surface area contributed by atoms with Crippen molar-refractivity contribution < 1.29 is 14.1 Å². The van der Waals surface area contributed by atoms with Crippen LogP contribution in [0.1, 0.15) is 18.4 Å². The monoisotopic (exact) mass is 286 g/mol. The Balaban J connectivity index is 2.06. The minimum atomic E-state index is -0.542. The molecule has 0 atom stereocenters. The van der Waals surface area contributed by atoms with Crippen molar-refractivity contribution >= 4 is 23.4 Å². The van der Waals surface area contributed by atoms with Gasteiger partial charge >= 0.3 is 0 Å². The molecule has 2 aromatic rings. The Labute approximate surface area is 121 Å². The van der Waals surface area contributed by atoms with E-state index in [9.17, 15) is 14.9 Å². The van der Waals surface area contributed by atoms with Crippen molar-refractivity contribution in [3.05, 3.63) is 64.1 Å². The fourth-order valence-electron chi connectivity index (χ4n) is 1.74. The molecule has 0 spiro atoms. The van der Waals surface area contributed by atoms with Crippen LogP contribution < -0.4 is 5.32 Å². The van der Waals surface area contributed by atoms with Crippen LogP contribution in [0.4, 0.5) is 11.4 Å². The van der Waals surface area contributed by atoms with Crippen molar-refractivity contribution in [1.29, 1.82) is 0 Å². The van der Waals surface area contributed by atoms with Gasteiger partial charge in [-0.3, -0.25) is 14.9 Å². The molecule has 0 bridgehead atoms. The quantitative estimate of drug-likeness (QED) is 0.518. The van der Waals surface area contributed by atoms with E-state index in [4.69, 9.17) is 4.42 Å². The third-order valence-electron chi connectivity index (χ3n) is 2.79. The summed E-state index contributed by atoms with van der Waals surface area (Å²) in [6.07, 6.45) is 3.56. The zero-order valence-corrected chi connectivity index (χ0v) is 11.4. The van der Waals surface area contributed by atoms with Crippen LogP contribution in [0.15, 0.2) is 46.9 Å². The Kier molecular flexibility index (Phi) is 4.50. The lowest BCUT2D eigenvalue weighted by atomic mass is 10.2. The zero-order valence-electron chi connectivity index (χ0n) is 11.4. The van der Waals surface area contributed by atoms with Crippen LogP contribution in [0.2, 0.25) is 0 Å². The van der Waals surface area contributed by atoms with Crippen LogP contribution in [0.5, 0.6) is 0 Å². The number of aryl methyl sites for hydroxylation is 1. The van der Waals surface area contributed by atoms with Crippen LogP contribution in [0, 0.1) is 10.1 Å². The molecule has 108 valence electrons. The summed E-state index contributed by atoms with van der Waals surface area (Å²) in [7, 11) is 0. The summed E-state index contributed by atoms with van der Waals surface area (Å²) in [6.45, 7) is 1.97. The summed E-state index contributed by atoms with van der Waals surface area (Å²) in [5.41, 5.74) is 0.0105. The molecule has 0 fully saturated rings. The largest absolute Gasteiger partial charge is 0.462 e. The van der Waals surface area contributed by atoms with E-state index >= 15 is 0 Å². The Morgan fingerprint density at radius 1 is 1.33 bits per heavy atom. The molecule has 0 radical (unpaired) electrons. The van der Waals surface area contributed by atoms with Crippen LogP contribution in [0.3, 0.4) is 0 Å². The number of hydrogen-bond acceptors (Lipinski definition) is 4. The van der Waals surface area contributed by atoms with Gasteiger partial charge in [-0.1, -0.05) is 19.1 Å². The highest BCUT2D eigenvalue weighted by atomic mass is 16.6. The molecule has 6 heteroatoms. The van der Waals surface area contributed by atoms with Gasteiger partial charge in [-0.05, 0) is 24.3 Å². The number of carbonyl (C=O) groups excluding carboxylic acids is 1. The normalized spacial score (nSPS) is 10.7. The maximum absolute atomic E-state index is 11.8. The summed E-state index contributed by atoms with van der Waals surface area (Å²) in [4.78, 5) is 22.1. The van der Waals surface area contributed by atoms with Crippen molar-refractivity contribution in [2.75, 3.05) is 5.32 Å². The Hall–Kier alpha value is -2.89. The van der Waals surface area contributed by atoms with Crippen LogP contribution in [-0.4, -0.2) is 10.8 Å². The highest BCUT2D eigenvalue weighted by Gasteiger charge is 2.13. The molecule has 1 heterocycles. The van der Waals surface area contributed by atoms with E-state index < -0.39 is 10.8 Å². The van der Waals surface area contributed by atoms with Gasteiger partial charge in [-0.25, -0.2) is 0 Å². The second kappa shape index (κ2) is 6.51. The van der Waals surface area contributed by atoms with Gasteiger partial charge in [0, 0.05) is 18.6 Å². The van der Waals surface area contributed by atoms with E-state index in [1.807, 2.05) is 13.0 Å². The lowest BCUT2D eigenvalue weighted by Crippen LogP contribution is -2.09. The number of rotatable bonds is 5. The highest BCUT2D eigenvalue weighted by Crippen LogP contribution is 2.23. The molecule has 0 saturated carbocycles. The van der Waals surface area contributed by atoms with E-state index in [-0.39, 0.29) is 11.4 Å². The summed E-state index contributed by atoms with van der Waals surface area (Å²) >= 11 is 0. The molecule has 0 aliphatic heterocycles. The van der Waals surface area contributed by atoms with Crippen molar-refractivity contribution in [1.82, 2.24) is 0 Å². The molecule has 6 nitrogen and oxygen atoms in total. The summed E-state index contributed by atoms with van der Waals surface area (Å²) in [6, 6.07) is 9.56. The van der Waals surface area contributed by atoms with Crippen LogP contribution >= 0.6 is 0 Å². The van der Waals surface area contributed by atoms with E-state index in [1.165, 1.54) is 24.3 Å². The van der Waals surface area contributed by atoms with Crippen molar-refractivity contribution in [3.8, 4) is 0 Å². The number of nitrogens with zero attached hydrogens (tertiary/aromatic N) is 1. The minimum absolute atomic E-state index is 0.148. The van der Waals surface area contributed by atoms with Gasteiger partial charge in [0.2, 0.25) is 5.91 Å². The number of amides is 1. The maximum Gasteiger partial charge on any atom is 0.292 e. The third kappa shape index (κ3) is 3.79. The van der Waals surface area contributed by atoms with Crippen molar-refractivity contribution in [3.63, 3.8) is 0 Å². The van der Waals surface area contributed by atoms with E-state index in [2.05, 4.69) is 5.32 Å². The molecule has 2 rings (SSSR count). The molecule has 0 aliphatic rings. The fraction of sp³-hybridized carbons (Fsp3) is 0.133. The lowest BCUT2D eigenvalue weighted by molar-refractivity contribution is -0.383. The summed E-state index contributed by atoms with van der Waals surface area (Å²) in [5.74, 6) is 0.928. The molecule has 1 amide bonds. The molecule has 1 N–H and O–H groups in total. The highest BCUT2D eigenvalue weighted by molar-refractivity contribution is 6.03. The van der Waals surface area contributed by atoms with Gasteiger partial charge in [0.15, 0.2) is 0 Å². The number of anilines is 1. The summed E-state index contributed by atoms with van der Waals surface area (Å²) in [5, 5.41) is 13.3. The number of benzene rings is 1. The van der Waals surface area contributed by atoms with E-state index in [0.717, 1.165) is 12.2 Å². The molecule has 1 aromatic carbocycles. The van der Waals surface area contributed by atoms with E-state index in [0.29, 0.717) is 5.76 Å². The molecule has 0 unspecified atom stereocenters. The average Bonchev–Trinajstić information content (AvgIpc) is 2.93. The number of furan rings is 1.